The Morgan fingerprint density at radius 2 is 1.77 bits per heavy atom. The van der Waals surface area contributed by atoms with Gasteiger partial charge in [-0.15, -0.1) is 0 Å². The Kier molecular flexibility index (Phi) is 4.52. The molecule has 0 aromatic heterocycles. The van der Waals surface area contributed by atoms with Crippen molar-refractivity contribution in [3.05, 3.63) is 29.8 Å². The summed E-state index contributed by atoms with van der Waals surface area (Å²) in [4.78, 5) is 14.2. The van der Waals surface area contributed by atoms with Crippen LogP contribution in [0.5, 0.6) is 0 Å². The van der Waals surface area contributed by atoms with E-state index in [9.17, 15) is 9.90 Å². The van der Waals surface area contributed by atoms with Gasteiger partial charge in [-0.1, -0.05) is 32.9 Å². The number of hydrogen-bond acceptors (Lipinski definition) is 2. The van der Waals surface area contributed by atoms with Gasteiger partial charge in [0.2, 0.25) is 0 Å². The van der Waals surface area contributed by atoms with Crippen LogP contribution >= 0.6 is 0 Å². The molecule has 22 heavy (non-hydrogen) atoms. The summed E-state index contributed by atoms with van der Waals surface area (Å²) in [5.41, 5.74) is 1.26. The van der Waals surface area contributed by atoms with Gasteiger partial charge in [-0.05, 0) is 49.8 Å². The molecule has 2 N–H and O–H groups in total. The minimum Gasteiger partial charge on any atom is -0.388 e. The summed E-state index contributed by atoms with van der Waals surface area (Å²) < 4.78 is 0. The van der Waals surface area contributed by atoms with Crippen molar-refractivity contribution >= 4 is 11.7 Å². The number of carbonyl (C=O) groups is 1. The van der Waals surface area contributed by atoms with E-state index < -0.39 is 5.60 Å². The van der Waals surface area contributed by atoms with Crippen LogP contribution in [0, 0.1) is 0 Å². The Balaban J connectivity index is 2.06. The zero-order chi connectivity index (χ0) is 16.5. The predicted octanol–water partition coefficient (Wildman–Crippen LogP) is 3.75. The third-order valence-corrected chi connectivity index (χ3v) is 4.33. The number of aliphatic hydroxyl groups is 1. The first-order valence-corrected chi connectivity index (χ1v) is 7.99. The molecular formula is C18H28N2O2. The van der Waals surface area contributed by atoms with E-state index in [0.717, 1.165) is 18.5 Å². The van der Waals surface area contributed by atoms with Gasteiger partial charge in [0.15, 0.2) is 0 Å². The average Bonchev–Trinajstić information content (AvgIpc) is 2.87. The van der Waals surface area contributed by atoms with Gasteiger partial charge in [-0.25, -0.2) is 4.79 Å². The molecule has 1 unspecified atom stereocenters. The van der Waals surface area contributed by atoms with Crippen LogP contribution in [0.2, 0.25) is 0 Å². The quantitative estimate of drug-likeness (QED) is 0.874. The molecule has 0 saturated carbocycles. The first kappa shape index (κ1) is 16.8. The van der Waals surface area contributed by atoms with E-state index in [1.807, 2.05) is 24.3 Å². The molecule has 122 valence electrons. The smallest absolute Gasteiger partial charge is 0.322 e. The van der Waals surface area contributed by atoms with E-state index in [4.69, 9.17) is 0 Å². The van der Waals surface area contributed by atoms with Crippen molar-refractivity contribution < 1.29 is 9.90 Å². The Morgan fingerprint density at radius 1 is 1.18 bits per heavy atom. The van der Waals surface area contributed by atoms with E-state index in [-0.39, 0.29) is 17.5 Å². The van der Waals surface area contributed by atoms with Gasteiger partial charge >= 0.3 is 6.03 Å². The van der Waals surface area contributed by atoms with Crippen LogP contribution in [0.15, 0.2) is 24.3 Å². The van der Waals surface area contributed by atoms with Gasteiger partial charge in [-0.2, -0.15) is 0 Å². The summed E-state index contributed by atoms with van der Waals surface area (Å²) in [5.74, 6) is 0. The van der Waals surface area contributed by atoms with Crippen molar-refractivity contribution in [3.63, 3.8) is 0 Å². The molecule has 0 aliphatic carbocycles. The molecule has 1 aromatic carbocycles. The minimum atomic E-state index is -0.871. The van der Waals surface area contributed by atoms with Crippen molar-refractivity contribution in [2.24, 2.45) is 0 Å². The Hall–Kier alpha value is -1.55. The molecule has 1 aliphatic heterocycles. The van der Waals surface area contributed by atoms with Crippen LogP contribution in [0.3, 0.4) is 0 Å². The second kappa shape index (κ2) is 5.92. The Labute approximate surface area is 133 Å². The maximum absolute atomic E-state index is 12.5. The largest absolute Gasteiger partial charge is 0.388 e. The highest BCUT2D eigenvalue weighted by atomic mass is 16.3. The maximum Gasteiger partial charge on any atom is 0.322 e. The molecule has 1 atom stereocenters. The van der Waals surface area contributed by atoms with E-state index in [1.165, 1.54) is 5.56 Å². The molecule has 1 aromatic rings. The predicted molar refractivity (Wildman–Crippen MR) is 90.2 cm³/mol. The third kappa shape index (κ3) is 3.80. The molecule has 4 nitrogen and oxygen atoms in total. The molecule has 1 aliphatic rings. The third-order valence-electron chi connectivity index (χ3n) is 4.33. The molecular weight excluding hydrogens is 276 g/mol. The summed E-state index contributed by atoms with van der Waals surface area (Å²) in [5, 5.41) is 13.1. The summed E-state index contributed by atoms with van der Waals surface area (Å²) >= 11 is 0. The molecule has 0 radical (unpaired) electrons. The van der Waals surface area contributed by atoms with Crippen LogP contribution in [0.4, 0.5) is 10.5 Å². The fourth-order valence-corrected chi connectivity index (χ4v) is 2.99. The van der Waals surface area contributed by atoms with Gasteiger partial charge in [0.05, 0.1) is 11.6 Å². The number of anilines is 1. The van der Waals surface area contributed by atoms with Gasteiger partial charge in [0.25, 0.3) is 0 Å². The number of nitrogens with zero attached hydrogens (tertiary/aromatic N) is 1. The van der Waals surface area contributed by atoms with Crippen LogP contribution in [-0.2, 0) is 5.41 Å². The normalized spacial score (nSPS) is 19.4. The zero-order valence-corrected chi connectivity index (χ0v) is 14.3. The zero-order valence-electron chi connectivity index (χ0n) is 14.3. The molecule has 0 bridgehead atoms. The molecule has 1 saturated heterocycles. The first-order valence-electron chi connectivity index (χ1n) is 7.99. The van der Waals surface area contributed by atoms with Crippen molar-refractivity contribution in [1.82, 2.24) is 4.90 Å². The minimum absolute atomic E-state index is 0.101. The van der Waals surface area contributed by atoms with E-state index >= 15 is 0 Å². The number of rotatable bonds is 2. The van der Waals surface area contributed by atoms with Crippen molar-refractivity contribution in [3.8, 4) is 0 Å². The first-order chi connectivity index (χ1) is 10.1. The fraction of sp³-hybridized carbons (Fsp3) is 0.611. The lowest BCUT2D eigenvalue weighted by atomic mass is 9.87. The lowest BCUT2D eigenvalue weighted by Gasteiger charge is -2.33. The van der Waals surface area contributed by atoms with Crippen LogP contribution in [0.1, 0.15) is 53.0 Å². The van der Waals surface area contributed by atoms with E-state index in [2.05, 4.69) is 26.1 Å². The molecule has 4 heteroatoms. The Bertz CT molecular complexity index is 524. The average molecular weight is 304 g/mol. The highest BCUT2D eigenvalue weighted by Crippen LogP contribution is 2.28. The highest BCUT2D eigenvalue weighted by molar-refractivity contribution is 5.89. The van der Waals surface area contributed by atoms with Gasteiger partial charge < -0.3 is 15.3 Å². The summed E-state index contributed by atoms with van der Waals surface area (Å²) in [6, 6.07) is 7.72. The molecule has 2 amide bonds. The van der Waals surface area contributed by atoms with Crippen LogP contribution in [0.25, 0.3) is 0 Å². The maximum atomic E-state index is 12.5. The monoisotopic (exact) mass is 304 g/mol. The van der Waals surface area contributed by atoms with Crippen molar-refractivity contribution in [1.29, 1.82) is 0 Å². The Morgan fingerprint density at radius 3 is 2.27 bits per heavy atom. The lowest BCUT2D eigenvalue weighted by molar-refractivity contribution is 0.0117. The molecule has 2 rings (SSSR count). The SMILES string of the molecule is CC(C)(C)c1ccc(NC(=O)N2CCCC2C(C)(C)O)cc1. The standard InChI is InChI=1S/C18H28N2O2/c1-17(2,3)13-8-10-14(11-9-13)19-16(21)20-12-6-7-15(20)18(4,5)22/h8-11,15,22H,6-7,12H2,1-5H3,(H,19,21). The van der Waals surface area contributed by atoms with Gasteiger partial charge in [-0.3, -0.25) is 0 Å². The summed E-state index contributed by atoms with van der Waals surface area (Å²) in [6.45, 7) is 10.7. The second-order valence-electron chi connectivity index (χ2n) is 7.76. The number of benzene rings is 1. The number of likely N-dealkylation sites (tertiary alicyclic amines) is 1. The van der Waals surface area contributed by atoms with E-state index in [1.54, 1.807) is 18.7 Å². The molecule has 1 heterocycles. The summed E-state index contributed by atoms with van der Waals surface area (Å²) in [6.07, 6.45) is 1.78. The number of carbonyl (C=O) groups excluding carboxylic acids is 1. The van der Waals surface area contributed by atoms with Gasteiger partial charge in [0.1, 0.15) is 0 Å². The van der Waals surface area contributed by atoms with Crippen molar-refractivity contribution in [2.75, 3.05) is 11.9 Å². The number of hydrogen-bond donors (Lipinski definition) is 2. The fourth-order valence-electron chi connectivity index (χ4n) is 2.99. The highest BCUT2D eigenvalue weighted by Gasteiger charge is 2.38. The van der Waals surface area contributed by atoms with Crippen molar-refractivity contribution in [2.45, 2.75) is 64.5 Å². The molecule has 1 fully saturated rings. The van der Waals surface area contributed by atoms with Crippen LogP contribution in [-0.4, -0.2) is 34.2 Å². The second-order valence-corrected chi connectivity index (χ2v) is 7.76. The summed E-state index contributed by atoms with van der Waals surface area (Å²) in [7, 11) is 0. The number of amides is 2. The number of urea groups is 1. The lowest BCUT2D eigenvalue weighted by Crippen LogP contribution is -2.49. The topological polar surface area (TPSA) is 52.6 Å². The molecule has 0 spiro atoms. The van der Waals surface area contributed by atoms with Gasteiger partial charge in [0, 0.05) is 12.2 Å². The van der Waals surface area contributed by atoms with Crippen LogP contribution < -0.4 is 5.32 Å². The van der Waals surface area contributed by atoms with E-state index in [0.29, 0.717) is 6.54 Å². The number of nitrogens with one attached hydrogen (secondary N) is 1.